The van der Waals surface area contributed by atoms with Gasteiger partial charge in [-0.05, 0) is 199 Å². The molecular formula is C58H53NS. The smallest absolute Gasteiger partial charge is 0.0554 e. The van der Waals surface area contributed by atoms with Crippen molar-refractivity contribution in [2.24, 2.45) is 47.3 Å². The maximum absolute atomic E-state index is 2.73. The number of hydrogen-bond acceptors (Lipinski definition) is 2. The summed E-state index contributed by atoms with van der Waals surface area (Å²) in [5, 5.41) is 2.76. The van der Waals surface area contributed by atoms with Gasteiger partial charge in [0, 0.05) is 42.4 Å². The predicted molar refractivity (Wildman–Crippen MR) is 250 cm³/mol. The average Bonchev–Trinajstić information content (AvgIpc) is 3.77. The van der Waals surface area contributed by atoms with Gasteiger partial charge in [-0.3, -0.25) is 0 Å². The van der Waals surface area contributed by atoms with Gasteiger partial charge >= 0.3 is 0 Å². The highest BCUT2D eigenvalue weighted by atomic mass is 32.1. The van der Waals surface area contributed by atoms with Gasteiger partial charge in [-0.1, -0.05) is 97.8 Å². The minimum Gasteiger partial charge on any atom is -0.310 e. The molecule has 1 nitrogen and oxygen atoms in total. The summed E-state index contributed by atoms with van der Waals surface area (Å²) in [6.45, 7) is 0. The van der Waals surface area contributed by atoms with Crippen molar-refractivity contribution in [2.45, 2.75) is 87.9 Å². The van der Waals surface area contributed by atoms with Gasteiger partial charge in [0.2, 0.25) is 0 Å². The molecule has 8 saturated carbocycles. The minimum atomic E-state index is 0.113. The molecule has 1 aromatic heterocycles. The van der Waals surface area contributed by atoms with E-state index in [0.717, 1.165) is 47.3 Å². The molecule has 0 amide bonds. The molecule has 2 spiro atoms. The maximum Gasteiger partial charge on any atom is 0.0554 e. The van der Waals surface area contributed by atoms with E-state index in [4.69, 9.17) is 0 Å². The lowest BCUT2D eigenvalue weighted by Gasteiger charge is -2.53. The molecule has 8 bridgehead atoms. The second kappa shape index (κ2) is 12.0. The molecule has 1 heterocycles. The summed E-state index contributed by atoms with van der Waals surface area (Å²) in [5.74, 6) is 6.67. The Bertz CT molecular complexity index is 2930. The van der Waals surface area contributed by atoms with E-state index in [-0.39, 0.29) is 10.8 Å². The van der Waals surface area contributed by atoms with Crippen LogP contribution in [0.3, 0.4) is 0 Å². The Labute approximate surface area is 358 Å². The zero-order chi connectivity index (χ0) is 38.9. The van der Waals surface area contributed by atoms with Crippen LogP contribution in [-0.4, -0.2) is 0 Å². The van der Waals surface area contributed by atoms with Gasteiger partial charge in [0.1, 0.15) is 0 Å². The lowest BCUT2D eigenvalue weighted by atomic mass is 9.51. The predicted octanol–water partition coefficient (Wildman–Crippen LogP) is 15.7. The van der Waals surface area contributed by atoms with Crippen LogP contribution in [0.1, 0.15) is 99.3 Å². The summed E-state index contributed by atoms with van der Waals surface area (Å²) in [6, 6.07) is 51.2. The Balaban J connectivity index is 0.980. The zero-order valence-corrected chi connectivity index (χ0v) is 35.4. The van der Waals surface area contributed by atoms with Gasteiger partial charge in [0.25, 0.3) is 0 Å². The van der Waals surface area contributed by atoms with Crippen molar-refractivity contribution in [3.63, 3.8) is 0 Å². The summed E-state index contributed by atoms with van der Waals surface area (Å²) in [4.78, 5) is 2.71. The van der Waals surface area contributed by atoms with Gasteiger partial charge in [0.05, 0.1) is 5.69 Å². The molecule has 0 saturated heterocycles. The Morgan fingerprint density at radius 3 is 1.70 bits per heavy atom. The Kier molecular flexibility index (Phi) is 6.82. The molecule has 7 aromatic rings. The molecular weight excluding hydrogens is 743 g/mol. The largest absolute Gasteiger partial charge is 0.310 e. The van der Waals surface area contributed by atoms with Gasteiger partial charge in [-0.15, -0.1) is 11.3 Å². The van der Waals surface area contributed by atoms with E-state index < -0.39 is 0 Å². The fraction of sp³-hybridized carbons (Fsp3) is 0.379. The van der Waals surface area contributed by atoms with E-state index >= 15 is 0 Å². The number of anilines is 3. The third kappa shape index (κ3) is 4.21. The van der Waals surface area contributed by atoms with Crippen molar-refractivity contribution in [2.75, 3.05) is 4.90 Å². The molecule has 6 aromatic carbocycles. The molecule has 10 aliphatic rings. The van der Waals surface area contributed by atoms with E-state index in [1.165, 1.54) is 137 Å². The van der Waals surface area contributed by atoms with Crippen molar-refractivity contribution in [1.82, 2.24) is 0 Å². The molecule has 2 heteroatoms. The van der Waals surface area contributed by atoms with Crippen molar-refractivity contribution in [1.29, 1.82) is 0 Å². The summed E-state index contributed by atoms with van der Waals surface area (Å²) in [6.07, 6.45) is 17.1. The van der Waals surface area contributed by atoms with Crippen LogP contribution in [0.2, 0.25) is 0 Å². The normalized spacial score (nSPS) is 33.3. The van der Waals surface area contributed by atoms with Gasteiger partial charge < -0.3 is 4.90 Å². The summed E-state index contributed by atoms with van der Waals surface area (Å²) < 4.78 is 2.74. The van der Waals surface area contributed by atoms with Crippen molar-refractivity contribution in [3.8, 4) is 22.3 Å². The molecule has 0 aliphatic heterocycles. The lowest BCUT2D eigenvalue weighted by molar-refractivity contribution is 0.0617. The Morgan fingerprint density at radius 1 is 0.400 bits per heavy atom. The van der Waals surface area contributed by atoms with E-state index in [1.54, 1.807) is 22.3 Å². The Morgan fingerprint density at radius 2 is 0.950 bits per heavy atom. The number of fused-ring (bicyclic) bond motifs is 11. The SMILES string of the molecule is c1ccc2c(c1)-c1cc(N(c3ccc4c(c3)C3(c5ccccc5-4)C4CCC5CC(C4)CC3C5)c3cccc4sc5ccccc5c34)ccc1C21C2CCC3CC(C2)CC1C3. The van der Waals surface area contributed by atoms with E-state index in [1.807, 2.05) is 11.3 Å². The lowest BCUT2D eigenvalue weighted by Crippen LogP contribution is -2.48. The summed E-state index contributed by atoms with van der Waals surface area (Å²) >= 11 is 1.94. The topological polar surface area (TPSA) is 3.24 Å². The number of rotatable bonds is 3. The second-order valence-corrected chi connectivity index (χ2v) is 22.2. The molecule has 0 radical (unpaired) electrons. The molecule has 296 valence electrons. The van der Waals surface area contributed by atoms with Gasteiger partial charge in [-0.25, -0.2) is 0 Å². The monoisotopic (exact) mass is 795 g/mol. The highest BCUT2D eigenvalue weighted by Crippen LogP contribution is 2.70. The average molecular weight is 796 g/mol. The first-order chi connectivity index (χ1) is 29.7. The molecule has 10 unspecified atom stereocenters. The van der Waals surface area contributed by atoms with Crippen LogP contribution in [0.25, 0.3) is 42.4 Å². The van der Waals surface area contributed by atoms with E-state index in [9.17, 15) is 0 Å². The highest BCUT2D eigenvalue weighted by Gasteiger charge is 2.61. The van der Waals surface area contributed by atoms with Crippen LogP contribution in [-0.2, 0) is 10.8 Å². The van der Waals surface area contributed by atoms with Gasteiger partial charge in [-0.2, -0.15) is 0 Å². The van der Waals surface area contributed by atoms with Crippen LogP contribution in [0.5, 0.6) is 0 Å². The van der Waals surface area contributed by atoms with Crippen LogP contribution in [0.4, 0.5) is 17.1 Å². The fourth-order valence-electron chi connectivity index (χ4n) is 17.2. The molecule has 60 heavy (non-hydrogen) atoms. The third-order valence-electron chi connectivity index (χ3n) is 18.8. The van der Waals surface area contributed by atoms with Crippen molar-refractivity contribution < 1.29 is 0 Å². The number of benzene rings is 6. The number of nitrogens with zero attached hydrogens (tertiary/aromatic N) is 1. The molecule has 10 aliphatic carbocycles. The van der Waals surface area contributed by atoms with Crippen LogP contribution in [0.15, 0.2) is 127 Å². The van der Waals surface area contributed by atoms with Crippen LogP contribution >= 0.6 is 11.3 Å². The molecule has 0 N–H and O–H groups in total. The first kappa shape index (κ1) is 34.0. The zero-order valence-electron chi connectivity index (χ0n) is 34.6. The standard InChI is InChI=1S/C58H53NS/c1-4-11-49-44(8-1)46-22-20-43(33-52(46)58(49)39-19-17-35-25-37(29-39)31-41(58)27-35)59(53-13-7-15-55-56(53)47-10-3-6-14-54(47)60-55)42-21-23-51-48(32-42)45-9-2-5-12-50(45)57(51)38-18-16-34-24-36(28-38)30-40(57)26-34/h1-15,20-23,32-41H,16-19,24-31H2. The summed E-state index contributed by atoms with van der Waals surface area (Å²) in [5.41, 5.74) is 16.8. The highest BCUT2D eigenvalue weighted by molar-refractivity contribution is 7.26. The van der Waals surface area contributed by atoms with E-state index in [0.29, 0.717) is 0 Å². The maximum atomic E-state index is 2.73. The number of thiophene rings is 1. The molecule has 10 atom stereocenters. The first-order valence-corrected chi connectivity index (χ1v) is 24.7. The van der Waals surface area contributed by atoms with E-state index in [2.05, 4.69) is 132 Å². The van der Waals surface area contributed by atoms with Crippen molar-refractivity contribution >= 4 is 48.6 Å². The molecule has 17 rings (SSSR count). The van der Waals surface area contributed by atoms with Crippen LogP contribution in [0, 0.1) is 47.3 Å². The minimum absolute atomic E-state index is 0.113. The quantitative estimate of drug-likeness (QED) is 0.172. The van der Waals surface area contributed by atoms with Crippen molar-refractivity contribution in [3.05, 3.63) is 150 Å². The summed E-state index contributed by atoms with van der Waals surface area (Å²) in [7, 11) is 0. The number of hydrogen-bond donors (Lipinski definition) is 0. The van der Waals surface area contributed by atoms with Crippen LogP contribution < -0.4 is 4.90 Å². The molecule has 8 fully saturated rings. The Hall–Kier alpha value is -4.66. The van der Waals surface area contributed by atoms with Gasteiger partial charge in [0.15, 0.2) is 0 Å². The fourth-order valence-corrected chi connectivity index (χ4v) is 18.3. The third-order valence-corrected chi connectivity index (χ3v) is 20.0. The second-order valence-electron chi connectivity index (χ2n) is 21.2. The first-order valence-electron chi connectivity index (χ1n) is 23.9.